The van der Waals surface area contributed by atoms with Gasteiger partial charge in [0, 0.05) is 11.3 Å². The van der Waals surface area contributed by atoms with Crippen LogP contribution in [0, 0.1) is 0 Å². The zero-order chi connectivity index (χ0) is 18.2. The average Bonchev–Trinajstić information content (AvgIpc) is 2.60. The van der Waals surface area contributed by atoms with Gasteiger partial charge in [0.2, 0.25) is 0 Å². The molecule has 2 aromatic carbocycles. The molecule has 0 aromatic heterocycles. The Bertz CT molecular complexity index is 723. The first kappa shape index (κ1) is 18.5. The predicted molar refractivity (Wildman–Crippen MR) is 97.2 cm³/mol. The van der Waals surface area contributed by atoms with Crippen LogP contribution >= 0.6 is 0 Å². The number of hydrogen-bond donors (Lipinski definition) is 1. The van der Waals surface area contributed by atoms with Gasteiger partial charge in [-0.3, -0.25) is 4.79 Å². The molecule has 0 saturated heterocycles. The second kappa shape index (κ2) is 8.87. The molecule has 0 bridgehead atoms. The van der Waals surface area contributed by atoms with E-state index in [0.29, 0.717) is 29.2 Å². The number of rotatable bonds is 7. The lowest BCUT2D eigenvalue weighted by molar-refractivity contribution is 0.0505. The minimum Gasteiger partial charge on any atom is -0.491 e. The van der Waals surface area contributed by atoms with E-state index < -0.39 is 5.97 Å². The Kier molecular flexibility index (Phi) is 6.57. The fourth-order valence-electron chi connectivity index (χ4n) is 2.16. The Hall–Kier alpha value is -2.82. The summed E-state index contributed by atoms with van der Waals surface area (Å²) in [5, 5.41) is 2.78. The van der Waals surface area contributed by atoms with E-state index in [1.165, 1.54) is 0 Å². The summed E-state index contributed by atoms with van der Waals surface area (Å²) >= 11 is 0. The number of carbonyl (C=O) groups is 2. The van der Waals surface area contributed by atoms with Crippen LogP contribution in [-0.2, 0) is 4.74 Å². The van der Waals surface area contributed by atoms with Crippen molar-refractivity contribution in [3.8, 4) is 5.75 Å². The Morgan fingerprint density at radius 3 is 2.40 bits per heavy atom. The number of carbonyl (C=O) groups excluding carboxylic acids is 2. The molecule has 0 aliphatic carbocycles. The number of nitrogens with one attached hydrogen (secondary N) is 1. The molecule has 5 heteroatoms. The van der Waals surface area contributed by atoms with Crippen LogP contribution in [0.2, 0.25) is 0 Å². The highest BCUT2D eigenvalue weighted by Gasteiger charge is 2.10. The van der Waals surface area contributed by atoms with Gasteiger partial charge in [-0.05, 0) is 62.7 Å². The smallest absolute Gasteiger partial charge is 0.338 e. The predicted octanol–water partition coefficient (Wildman–Crippen LogP) is 4.29. The number of hydrogen-bond acceptors (Lipinski definition) is 4. The molecule has 5 nitrogen and oxygen atoms in total. The van der Waals surface area contributed by atoms with Crippen molar-refractivity contribution in [1.29, 1.82) is 0 Å². The zero-order valence-corrected chi connectivity index (χ0v) is 14.7. The van der Waals surface area contributed by atoms with Gasteiger partial charge in [0.25, 0.3) is 5.91 Å². The van der Waals surface area contributed by atoms with Crippen LogP contribution in [0.25, 0.3) is 0 Å². The summed E-state index contributed by atoms with van der Waals surface area (Å²) in [5.41, 5.74) is 1.46. The molecule has 1 N–H and O–H groups in total. The van der Waals surface area contributed by atoms with Gasteiger partial charge in [-0.1, -0.05) is 13.0 Å². The maximum Gasteiger partial charge on any atom is 0.338 e. The van der Waals surface area contributed by atoms with E-state index in [1.807, 2.05) is 20.8 Å². The highest BCUT2D eigenvalue weighted by Crippen LogP contribution is 2.16. The van der Waals surface area contributed by atoms with Gasteiger partial charge < -0.3 is 14.8 Å². The quantitative estimate of drug-likeness (QED) is 0.763. The molecule has 2 aromatic rings. The molecule has 0 saturated carbocycles. The first-order valence-corrected chi connectivity index (χ1v) is 8.35. The molecular formula is C20H23NO4. The minimum absolute atomic E-state index is 0.0786. The average molecular weight is 341 g/mol. The second-order valence-electron chi connectivity index (χ2n) is 5.86. The Balaban J connectivity index is 2.03. The topological polar surface area (TPSA) is 64.6 Å². The standard InChI is InChI=1S/C20H23NO4/c1-4-12-24-20(23)16-6-5-7-17(13-16)21-19(22)15-8-10-18(11-9-15)25-14(2)3/h5-11,13-14H,4,12H2,1-3H3,(H,21,22). The molecule has 0 aliphatic heterocycles. The molecule has 2 rings (SSSR count). The molecule has 25 heavy (non-hydrogen) atoms. The number of esters is 1. The summed E-state index contributed by atoms with van der Waals surface area (Å²) < 4.78 is 10.7. The molecular weight excluding hydrogens is 318 g/mol. The summed E-state index contributed by atoms with van der Waals surface area (Å²) in [5.74, 6) is 0.0653. The molecule has 0 spiro atoms. The summed E-state index contributed by atoms with van der Waals surface area (Å²) in [6.45, 7) is 6.19. The second-order valence-corrected chi connectivity index (χ2v) is 5.86. The van der Waals surface area contributed by atoms with Crippen LogP contribution < -0.4 is 10.1 Å². The normalized spacial score (nSPS) is 10.4. The Morgan fingerprint density at radius 1 is 1.04 bits per heavy atom. The van der Waals surface area contributed by atoms with Crippen molar-refractivity contribution in [1.82, 2.24) is 0 Å². The monoisotopic (exact) mass is 341 g/mol. The summed E-state index contributed by atoms with van der Waals surface area (Å²) in [6, 6.07) is 13.6. The maximum absolute atomic E-state index is 12.3. The van der Waals surface area contributed by atoms with Gasteiger partial charge in [0.15, 0.2) is 0 Å². The number of anilines is 1. The maximum atomic E-state index is 12.3. The summed E-state index contributed by atoms with van der Waals surface area (Å²) in [4.78, 5) is 24.2. The van der Waals surface area contributed by atoms with Gasteiger partial charge >= 0.3 is 5.97 Å². The van der Waals surface area contributed by atoms with E-state index >= 15 is 0 Å². The number of ether oxygens (including phenoxy) is 2. The first-order chi connectivity index (χ1) is 12.0. The van der Waals surface area contributed by atoms with Crippen molar-refractivity contribution in [3.63, 3.8) is 0 Å². The Labute approximate surface area is 148 Å². The van der Waals surface area contributed by atoms with Gasteiger partial charge in [-0.25, -0.2) is 4.79 Å². The molecule has 0 atom stereocenters. The fraction of sp³-hybridized carbons (Fsp3) is 0.300. The third-order valence-corrected chi connectivity index (χ3v) is 3.28. The molecule has 0 aliphatic rings. The molecule has 132 valence electrons. The highest BCUT2D eigenvalue weighted by atomic mass is 16.5. The van der Waals surface area contributed by atoms with Crippen molar-refractivity contribution in [2.45, 2.75) is 33.3 Å². The molecule has 1 amide bonds. The van der Waals surface area contributed by atoms with E-state index in [1.54, 1.807) is 48.5 Å². The van der Waals surface area contributed by atoms with Crippen molar-refractivity contribution >= 4 is 17.6 Å². The fourth-order valence-corrected chi connectivity index (χ4v) is 2.16. The van der Waals surface area contributed by atoms with Gasteiger partial charge in [0.05, 0.1) is 18.3 Å². The van der Waals surface area contributed by atoms with Crippen LogP contribution in [0.4, 0.5) is 5.69 Å². The van der Waals surface area contributed by atoms with Crippen molar-refractivity contribution in [2.24, 2.45) is 0 Å². The third kappa shape index (κ3) is 5.64. The first-order valence-electron chi connectivity index (χ1n) is 8.35. The van der Waals surface area contributed by atoms with Crippen molar-refractivity contribution < 1.29 is 19.1 Å². The number of amides is 1. The molecule has 0 fully saturated rings. The molecule has 0 radical (unpaired) electrons. The lowest BCUT2D eigenvalue weighted by atomic mass is 10.1. The van der Waals surface area contributed by atoms with Gasteiger partial charge in [0.1, 0.15) is 5.75 Å². The lowest BCUT2D eigenvalue weighted by Gasteiger charge is -2.10. The van der Waals surface area contributed by atoms with E-state index in [4.69, 9.17) is 9.47 Å². The van der Waals surface area contributed by atoms with Crippen molar-refractivity contribution in [3.05, 3.63) is 59.7 Å². The Morgan fingerprint density at radius 2 is 1.76 bits per heavy atom. The van der Waals surface area contributed by atoms with Crippen LogP contribution in [0.3, 0.4) is 0 Å². The van der Waals surface area contributed by atoms with Crippen molar-refractivity contribution in [2.75, 3.05) is 11.9 Å². The largest absolute Gasteiger partial charge is 0.491 e. The van der Waals surface area contributed by atoms with Crippen LogP contribution in [0.5, 0.6) is 5.75 Å². The van der Waals surface area contributed by atoms with Crippen LogP contribution in [0.15, 0.2) is 48.5 Å². The van der Waals surface area contributed by atoms with E-state index in [9.17, 15) is 9.59 Å². The minimum atomic E-state index is -0.395. The molecule has 0 unspecified atom stereocenters. The molecule has 0 heterocycles. The summed E-state index contributed by atoms with van der Waals surface area (Å²) in [6.07, 6.45) is 0.841. The number of benzene rings is 2. The SMILES string of the molecule is CCCOC(=O)c1cccc(NC(=O)c2ccc(OC(C)C)cc2)c1. The summed E-state index contributed by atoms with van der Waals surface area (Å²) in [7, 11) is 0. The van der Waals surface area contributed by atoms with Crippen LogP contribution in [-0.4, -0.2) is 24.6 Å². The van der Waals surface area contributed by atoms with E-state index in [2.05, 4.69) is 5.32 Å². The van der Waals surface area contributed by atoms with Gasteiger partial charge in [-0.15, -0.1) is 0 Å². The van der Waals surface area contributed by atoms with E-state index in [-0.39, 0.29) is 12.0 Å². The van der Waals surface area contributed by atoms with E-state index in [0.717, 1.165) is 6.42 Å². The highest BCUT2D eigenvalue weighted by molar-refractivity contribution is 6.04. The van der Waals surface area contributed by atoms with Crippen LogP contribution in [0.1, 0.15) is 47.9 Å². The van der Waals surface area contributed by atoms with Gasteiger partial charge in [-0.2, -0.15) is 0 Å². The third-order valence-electron chi connectivity index (χ3n) is 3.28. The zero-order valence-electron chi connectivity index (χ0n) is 14.7. The lowest BCUT2D eigenvalue weighted by Crippen LogP contribution is -2.13.